The second kappa shape index (κ2) is 10.8. The quantitative estimate of drug-likeness (QED) is 0.304. The number of benzene rings is 2. The molecule has 2 heterocycles. The molecule has 0 bridgehead atoms. The van der Waals surface area contributed by atoms with Gasteiger partial charge in [-0.25, -0.2) is 4.98 Å². The average Bonchev–Trinajstić information content (AvgIpc) is 3.19. The van der Waals surface area contributed by atoms with Crippen LogP contribution in [0.15, 0.2) is 66.7 Å². The van der Waals surface area contributed by atoms with Gasteiger partial charge in [-0.15, -0.1) is 13.2 Å². The Kier molecular flexibility index (Phi) is 7.89. The van der Waals surface area contributed by atoms with Crippen LogP contribution in [-0.4, -0.2) is 41.8 Å². The van der Waals surface area contributed by atoms with E-state index in [-0.39, 0.29) is 24.6 Å². The first-order chi connectivity index (χ1) is 17.8. The van der Waals surface area contributed by atoms with Crippen molar-refractivity contribution in [3.63, 3.8) is 0 Å². The minimum Gasteiger partial charge on any atom is -0.406 e. The molecule has 1 saturated heterocycles. The molecule has 1 amide bonds. The molecule has 1 aromatic heterocycles. The van der Waals surface area contributed by atoms with Crippen molar-refractivity contribution in [1.29, 1.82) is 0 Å². The third-order valence-corrected chi connectivity index (χ3v) is 6.45. The summed E-state index contributed by atoms with van der Waals surface area (Å²) in [6, 6.07) is 14.5. The summed E-state index contributed by atoms with van der Waals surface area (Å²) in [6.45, 7) is 0.249. The standard InChI is InChI=1S/C26H22ClF6N3O2/c1-35(13-12-18-6-3-7-23(34-18)25(28,29)30)22-15-21(16-4-2-5-17(27)14-16)36(24(22)37)19-8-10-20(11-9-19)38-26(31,32)33/h2-11,14,21-22H,12-13,15H2,1H3/t21-,22-/m1/s1. The van der Waals surface area contributed by atoms with Gasteiger partial charge in [0.1, 0.15) is 11.4 Å². The number of alkyl halides is 6. The van der Waals surface area contributed by atoms with Crippen LogP contribution in [0.1, 0.15) is 29.4 Å². The number of hydrogen-bond donors (Lipinski definition) is 0. The highest BCUT2D eigenvalue weighted by Crippen LogP contribution is 2.40. The van der Waals surface area contributed by atoms with Gasteiger partial charge in [-0.05, 0) is 67.6 Å². The number of hydrogen-bond acceptors (Lipinski definition) is 4. The second-order valence-corrected chi connectivity index (χ2v) is 9.25. The van der Waals surface area contributed by atoms with Gasteiger partial charge >= 0.3 is 12.5 Å². The number of anilines is 1. The Bertz CT molecular complexity index is 1280. The first-order valence-electron chi connectivity index (χ1n) is 11.5. The SMILES string of the molecule is CN(CCc1cccc(C(F)(F)F)n1)[C@@H]1C[C@H](c2cccc(Cl)c2)N(c2ccc(OC(F)(F)F)cc2)C1=O. The van der Waals surface area contributed by atoms with Gasteiger partial charge in [0.2, 0.25) is 5.91 Å². The van der Waals surface area contributed by atoms with E-state index in [1.165, 1.54) is 29.2 Å². The monoisotopic (exact) mass is 557 g/mol. The first-order valence-corrected chi connectivity index (χ1v) is 11.9. The Morgan fingerprint density at radius 2 is 1.71 bits per heavy atom. The van der Waals surface area contributed by atoms with Gasteiger partial charge in [0.25, 0.3) is 0 Å². The number of amides is 1. The summed E-state index contributed by atoms with van der Waals surface area (Å²) in [7, 11) is 1.69. The van der Waals surface area contributed by atoms with E-state index >= 15 is 0 Å². The lowest BCUT2D eigenvalue weighted by atomic mass is 10.0. The van der Waals surface area contributed by atoms with Crippen LogP contribution in [0.5, 0.6) is 5.75 Å². The molecule has 1 aliphatic rings. The number of ether oxygens (including phenoxy) is 1. The van der Waals surface area contributed by atoms with E-state index in [2.05, 4.69) is 9.72 Å². The van der Waals surface area contributed by atoms with Crippen molar-refractivity contribution in [3.05, 3.63) is 88.7 Å². The van der Waals surface area contributed by atoms with E-state index in [9.17, 15) is 31.1 Å². The van der Waals surface area contributed by atoms with Crippen LogP contribution in [0.3, 0.4) is 0 Å². The van der Waals surface area contributed by atoms with E-state index in [4.69, 9.17) is 11.6 Å². The number of nitrogens with zero attached hydrogens (tertiary/aromatic N) is 3. The van der Waals surface area contributed by atoms with Crippen molar-refractivity contribution < 1.29 is 35.9 Å². The van der Waals surface area contributed by atoms with Crippen molar-refractivity contribution >= 4 is 23.2 Å². The molecule has 0 radical (unpaired) electrons. The number of likely N-dealkylation sites (N-methyl/N-ethyl adjacent to an activating group) is 1. The zero-order chi connectivity index (χ0) is 27.7. The van der Waals surface area contributed by atoms with Crippen LogP contribution in [0.4, 0.5) is 32.0 Å². The smallest absolute Gasteiger partial charge is 0.406 e. The predicted octanol–water partition coefficient (Wildman–Crippen LogP) is 6.67. The van der Waals surface area contributed by atoms with Gasteiger partial charge in [0, 0.05) is 29.4 Å². The molecule has 4 rings (SSSR count). The van der Waals surface area contributed by atoms with E-state index < -0.39 is 36.1 Å². The molecule has 5 nitrogen and oxygen atoms in total. The van der Waals surface area contributed by atoms with Gasteiger partial charge in [-0.1, -0.05) is 29.8 Å². The summed E-state index contributed by atoms with van der Waals surface area (Å²) in [4.78, 5) is 20.5. The first kappa shape index (κ1) is 27.7. The largest absolute Gasteiger partial charge is 0.573 e. The van der Waals surface area contributed by atoms with Crippen molar-refractivity contribution in [2.75, 3.05) is 18.5 Å². The van der Waals surface area contributed by atoms with Gasteiger partial charge in [0.15, 0.2) is 0 Å². The third-order valence-electron chi connectivity index (χ3n) is 6.21. The Balaban J connectivity index is 1.56. The fourth-order valence-electron chi connectivity index (χ4n) is 4.44. The lowest BCUT2D eigenvalue weighted by molar-refractivity contribution is -0.274. The molecule has 0 saturated carbocycles. The van der Waals surface area contributed by atoms with Crippen molar-refractivity contribution in [2.24, 2.45) is 0 Å². The van der Waals surface area contributed by atoms with Crippen LogP contribution < -0.4 is 9.64 Å². The Labute approximate surface area is 219 Å². The summed E-state index contributed by atoms with van der Waals surface area (Å²) in [6.07, 6.45) is -8.91. The normalized spacial score (nSPS) is 18.3. The van der Waals surface area contributed by atoms with Crippen LogP contribution in [0.25, 0.3) is 0 Å². The van der Waals surface area contributed by atoms with Crippen molar-refractivity contribution in [2.45, 2.75) is 37.5 Å². The van der Waals surface area contributed by atoms with E-state index in [0.29, 0.717) is 17.1 Å². The molecule has 0 spiro atoms. The van der Waals surface area contributed by atoms with Crippen molar-refractivity contribution in [1.82, 2.24) is 9.88 Å². The molecule has 2 atom stereocenters. The lowest BCUT2D eigenvalue weighted by Crippen LogP contribution is -2.40. The molecule has 0 N–H and O–H groups in total. The number of carbonyl (C=O) groups is 1. The van der Waals surface area contributed by atoms with Gasteiger partial charge < -0.3 is 9.64 Å². The summed E-state index contributed by atoms with van der Waals surface area (Å²) in [5.74, 6) is -0.728. The molecule has 38 heavy (non-hydrogen) atoms. The molecular formula is C26H22ClF6N3O2. The van der Waals surface area contributed by atoms with Crippen LogP contribution in [0, 0.1) is 0 Å². The number of aromatic nitrogens is 1. The summed E-state index contributed by atoms with van der Waals surface area (Å²) in [5.41, 5.74) is 0.349. The number of carbonyl (C=O) groups excluding carboxylic acids is 1. The molecule has 2 aromatic carbocycles. The summed E-state index contributed by atoms with van der Waals surface area (Å²) in [5, 5.41) is 0.455. The number of rotatable bonds is 7. The van der Waals surface area contributed by atoms with E-state index in [1.807, 2.05) is 0 Å². The molecule has 1 aliphatic heterocycles. The maximum atomic E-state index is 13.6. The minimum absolute atomic E-state index is 0.176. The van der Waals surface area contributed by atoms with Crippen LogP contribution in [-0.2, 0) is 17.4 Å². The van der Waals surface area contributed by atoms with Gasteiger partial charge in [0.05, 0.1) is 12.1 Å². The van der Waals surface area contributed by atoms with Crippen LogP contribution >= 0.6 is 11.6 Å². The molecule has 0 aliphatic carbocycles. The summed E-state index contributed by atoms with van der Waals surface area (Å²) < 4.78 is 80.7. The fourth-order valence-corrected chi connectivity index (χ4v) is 4.64. The Morgan fingerprint density at radius 3 is 2.34 bits per heavy atom. The maximum absolute atomic E-state index is 13.6. The molecule has 0 unspecified atom stereocenters. The molecule has 202 valence electrons. The van der Waals surface area contributed by atoms with Gasteiger partial charge in [-0.2, -0.15) is 13.2 Å². The zero-order valence-corrected chi connectivity index (χ0v) is 20.7. The second-order valence-electron chi connectivity index (χ2n) is 8.81. The predicted molar refractivity (Wildman–Crippen MR) is 129 cm³/mol. The zero-order valence-electron chi connectivity index (χ0n) is 19.9. The fraction of sp³-hybridized carbons (Fsp3) is 0.308. The highest BCUT2D eigenvalue weighted by molar-refractivity contribution is 6.30. The molecule has 1 fully saturated rings. The third kappa shape index (κ3) is 6.57. The number of halogens is 7. The van der Waals surface area contributed by atoms with E-state index in [0.717, 1.165) is 23.8 Å². The van der Waals surface area contributed by atoms with Crippen LogP contribution in [0.2, 0.25) is 5.02 Å². The Hall–Kier alpha value is -3.31. The number of pyridine rings is 1. The average molecular weight is 558 g/mol. The summed E-state index contributed by atoms with van der Waals surface area (Å²) >= 11 is 6.17. The van der Waals surface area contributed by atoms with Crippen molar-refractivity contribution in [3.8, 4) is 5.75 Å². The lowest BCUT2D eigenvalue weighted by Gasteiger charge is -2.26. The highest BCUT2D eigenvalue weighted by atomic mass is 35.5. The molecule has 12 heteroatoms. The molecule has 3 aromatic rings. The van der Waals surface area contributed by atoms with Gasteiger partial charge in [-0.3, -0.25) is 9.69 Å². The topological polar surface area (TPSA) is 45.7 Å². The molecular weight excluding hydrogens is 536 g/mol. The highest BCUT2D eigenvalue weighted by Gasteiger charge is 2.43. The Morgan fingerprint density at radius 1 is 1.03 bits per heavy atom. The maximum Gasteiger partial charge on any atom is 0.573 e. The minimum atomic E-state index is -4.85. The van der Waals surface area contributed by atoms with E-state index in [1.54, 1.807) is 36.2 Å².